The van der Waals surface area contributed by atoms with E-state index in [2.05, 4.69) is 15.3 Å². The summed E-state index contributed by atoms with van der Waals surface area (Å²) in [5, 5.41) is 3.39. The van der Waals surface area contributed by atoms with Gasteiger partial charge >= 0.3 is 6.18 Å². The number of imidazole rings is 1. The lowest BCUT2D eigenvalue weighted by Crippen LogP contribution is -2.15. The number of carbonyl (C=O) groups excluding carboxylic acids is 1. The number of thiazole rings is 1. The molecule has 3 aromatic heterocycles. The quantitative estimate of drug-likeness (QED) is 0.533. The average molecular weight is 406 g/mol. The zero-order valence-electron chi connectivity index (χ0n) is 14.4. The predicted molar refractivity (Wildman–Crippen MR) is 97.3 cm³/mol. The zero-order chi connectivity index (χ0) is 19.9. The molecule has 144 valence electrons. The Bertz CT molecular complexity index is 1150. The van der Waals surface area contributed by atoms with Crippen molar-refractivity contribution in [1.29, 1.82) is 0 Å². The van der Waals surface area contributed by atoms with Gasteiger partial charge in [0.25, 0.3) is 5.91 Å². The number of halogens is 3. The minimum atomic E-state index is -4.48. The van der Waals surface area contributed by atoms with Crippen LogP contribution in [-0.4, -0.2) is 20.4 Å². The fourth-order valence-corrected chi connectivity index (χ4v) is 3.42. The van der Waals surface area contributed by atoms with Gasteiger partial charge in [-0.1, -0.05) is 0 Å². The Hall–Kier alpha value is -3.14. The van der Waals surface area contributed by atoms with Crippen molar-refractivity contribution < 1.29 is 22.4 Å². The molecule has 0 atom stereocenters. The minimum Gasteiger partial charge on any atom is -0.467 e. The first-order chi connectivity index (χ1) is 13.3. The van der Waals surface area contributed by atoms with E-state index in [1.54, 1.807) is 23.6 Å². The summed E-state index contributed by atoms with van der Waals surface area (Å²) >= 11 is 1.21. The molecule has 3 heterocycles. The van der Waals surface area contributed by atoms with Gasteiger partial charge in [-0.3, -0.25) is 10.1 Å². The normalized spacial score (nSPS) is 11.9. The topological polar surface area (TPSA) is 73.0 Å². The van der Waals surface area contributed by atoms with Crippen LogP contribution in [0.5, 0.6) is 0 Å². The molecule has 0 aliphatic rings. The number of anilines is 1. The zero-order valence-corrected chi connectivity index (χ0v) is 15.3. The Balaban J connectivity index is 1.77. The van der Waals surface area contributed by atoms with Crippen molar-refractivity contribution in [2.45, 2.75) is 19.6 Å². The molecule has 28 heavy (non-hydrogen) atoms. The summed E-state index contributed by atoms with van der Waals surface area (Å²) in [6.07, 6.45) is -1.55. The van der Waals surface area contributed by atoms with Gasteiger partial charge in [-0.05, 0) is 37.3 Å². The Labute approximate surface area is 160 Å². The van der Waals surface area contributed by atoms with Crippen LogP contribution >= 0.6 is 11.3 Å². The van der Waals surface area contributed by atoms with E-state index in [0.717, 1.165) is 17.1 Å². The van der Waals surface area contributed by atoms with Crippen LogP contribution in [0.3, 0.4) is 0 Å². The van der Waals surface area contributed by atoms with Crippen molar-refractivity contribution in [2.75, 3.05) is 5.32 Å². The lowest BCUT2D eigenvalue weighted by Gasteiger charge is -2.09. The highest BCUT2D eigenvalue weighted by Gasteiger charge is 2.31. The number of nitrogens with zero attached hydrogens (tertiary/aromatic N) is 3. The molecule has 6 nitrogen and oxygen atoms in total. The molecular formula is C18H13F3N4O2S. The third-order valence-electron chi connectivity index (χ3n) is 4.04. The van der Waals surface area contributed by atoms with Gasteiger partial charge in [0.1, 0.15) is 10.6 Å². The number of rotatable bonds is 4. The first-order valence-electron chi connectivity index (χ1n) is 8.15. The monoisotopic (exact) mass is 406 g/mol. The molecule has 4 rings (SSSR count). The first-order valence-corrected chi connectivity index (χ1v) is 8.96. The van der Waals surface area contributed by atoms with E-state index in [0.29, 0.717) is 16.2 Å². The second kappa shape index (κ2) is 6.79. The lowest BCUT2D eigenvalue weighted by molar-refractivity contribution is -0.137. The molecule has 0 radical (unpaired) electrons. The van der Waals surface area contributed by atoms with E-state index >= 15 is 0 Å². The van der Waals surface area contributed by atoms with Crippen LogP contribution in [-0.2, 0) is 12.7 Å². The SMILES string of the molecule is Cc1ncc(C(=O)Nc2nc3cc(C(F)(F)F)ccc3n2Cc2ccco2)s1. The van der Waals surface area contributed by atoms with E-state index in [-0.39, 0.29) is 18.0 Å². The summed E-state index contributed by atoms with van der Waals surface area (Å²) in [5.74, 6) is 0.266. The van der Waals surface area contributed by atoms with E-state index < -0.39 is 17.6 Å². The number of fused-ring (bicyclic) bond motifs is 1. The molecule has 0 saturated heterocycles. The summed E-state index contributed by atoms with van der Waals surface area (Å²) < 4.78 is 46.0. The minimum absolute atomic E-state index is 0.122. The van der Waals surface area contributed by atoms with Gasteiger partial charge in [0.05, 0.1) is 40.6 Å². The van der Waals surface area contributed by atoms with Crippen LogP contribution in [0.2, 0.25) is 0 Å². The Morgan fingerprint density at radius 1 is 1.32 bits per heavy atom. The fourth-order valence-electron chi connectivity index (χ4n) is 2.75. The second-order valence-corrected chi connectivity index (χ2v) is 7.23. The number of aromatic nitrogens is 3. The summed E-state index contributed by atoms with van der Waals surface area (Å²) in [4.78, 5) is 21.1. The standard InChI is InChI=1S/C18H13F3N4O2S/c1-10-22-8-15(28-10)16(26)24-17-23-13-7-11(18(19,20)21)4-5-14(13)25(17)9-12-3-2-6-27-12/h2-8H,9H2,1H3,(H,23,24,26). The van der Waals surface area contributed by atoms with Crippen LogP contribution in [0.1, 0.15) is 26.0 Å². The Morgan fingerprint density at radius 2 is 2.14 bits per heavy atom. The second-order valence-electron chi connectivity index (χ2n) is 6.00. The van der Waals surface area contributed by atoms with E-state index in [1.165, 1.54) is 29.9 Å². The molecular weight excluding hydrogens is 393 g/mol. The molecule has 0 aliphatic carbocycles. The van der Waals surface area contributed by atoms with Crippen molar-refractivity contribution in [3.05, 3.63) is 64.0 Å². The molecule has 1 aromatic carbocycles. The van der Waals surface area contributed by atoms with Crippen LogP contribution in [0.4, 0.5) is 19.1 Å². The van der Waals surface area contributed by atoms with Gasteiger partial charge in [0, 0.05) is 0 Å². The van der Waals surface area contributed by atoms with Crippen molar-refractivity contribution in [3.63, 3.8) is 0 Å². The predicted octanol–water partition coefficient (Wildman–Crippen LogP) is 4.71. The highest BCUT2D eigenvalue weighted by Crippen LogP contribution is 2.32. The van der Waals surface area contributed by atoms with E-state index in [1.807, 2.05) is 0 Å². The van der Waals surface area contributed by atoms with E-state index in [4.69, 9.17) is 4.42 Å². The first kappa shape index (κ1) is 18.2. The lowest BCUT2D eigenvalue weighted by atomic mass is 10.2. The molecule has 0 unspecified atom stereocenters. The Kier molecular flexibility index (Phi) is 4.42. The Morgan fingerprint density at radius 3 is 2.79 bits per heavy atom. The van der Waals surface area contributed by atoms with Crippen LogP contribution in [0.25, 0.3) is 11.0 Å². The average Bonchev–Trinajstić information content (AvgIpc) is 3.35. The summed E-state index contributed by atoms with van der Waals surface area (Å²) in [7, 11) is 0. The number of aryl methyl sites for hydroxylation is 1. The number of carbonyl (C=O) groups is 1. The number of nitrogens with one attached hydrogen (secondary N) is 1. The molecule has 0 fully saturated rings. The molecule has 0 saturated carbocycles. The molecule has 0 bridgehead atoms. The third kappa shape index (κ3) is 3.50. The maximum atomic E-state index is 13.0. The number of alkyl halides is 3. The molecule has 1 amide bonds. The molecule has 1 N–H and O–H groups in total. The fraction of sp³-hybridized carbons (Fsp3) is 0.167. The van der Waals surface area contributed by atoms with Gasteiger partial charge in [-0.15, -0.1) is 11.3 Å². The van der Waals surface area contributed by atoms with Crippen LogP contribution < -0.4 is 5.32 Å². The van der Waals surface area contributed by atoms with Gasteiger partial charge < -0.3 is 8.98 Å². The molecule has 0 spiro atoms. The largest absolute Gasteiger partial charge is 0.467 e. The maximum absolute atomic E-state index is 13.0. The van der Waals surface area contributed by atoms with Gasteiger partial charge in [-0.25, -0.2) is 9.97 Å². The summed E-state index contributed by atoms with van der Waals surface area (Å²) in [5.41, 5.74) is -0.240. The maximum Gasteiger partial charge on any atom is 0.416 e. The molecule has 0 aliphatic heterocycles. The van der Waals surface area contributed by atoms with Crippen LogP contribution in [0.15, 0.2) is 47.2 Å². The van der Waals surface area contributed by atoms with Crippen LogP contribution in [0, 0.1) is 6.92 Å². The highest BCUT2D eigenvalue weighted by molar-refractivity contribution is 7.13. The smallest absolute Gasteiger partial charge is 0.416 e. The summed E-state index contributed by atoms with van der Waals surface area (Å²) in [6.45, 7) is 1.97. The van der Waals surface area contributed by atoms with Crippen molar-refractivity contribution in [1.82, 2.24) is 14.5 Å². The number of furan rings is 1. The highest BCUT2D eigenvalue weighted by atomic mass is 32.1. The van der Waals surface area contributed by atoms with Gasteiger partial charge in [0.15, 0.2) is 0 Å². The van der Waals surface area contributed by atoms with Crippen molar-refractivity contribution >= 4 is 34.2 Å². The van der Waals surface area contributed by atoms with Gasteiger partial charge in [-0.2, -0.15) is 13.2 Å². The van der Waals surface area contributed by atoms with Crippen molar-refractivity contribution in [2.24, 2.45) is 0 Å². The van der Waals surface area contributed by atoms with Crippen molar-refractivity contribution in [3.8, 4) is 0 Å². The van der Waals surface area contributed by atoms with E-state index in [9.17, 15) is 18.0 Å². The molecule has 10 heteroatoms. The number of benzene rings is 1. The van der Waals surface area contributed by atoms with Gasteiger partial charge in [0.2, 0.25) is 5.95 Å². The number of amides is 1. The summed E-state index contributed by atoms with van der Waals surface area (Å²) in [6, 6.07) is 6.71. The number of hydrogen-bond donors (Lipinski definition) is 1. The number of hydrogen-bond acceptors (Lipinski definition) is 5. The third-order valence-corrected chi connectivity index (χ3v) is 4.95. The molecule has 4 aromatic rings.